The molecule has 4 atom stereocenters. The van der Waals surface area contributed by atoms with Gasteiger partial charge in [-0.15, -0.1) is 6.58 Å². The minimum atomic E-state index is -4.09. The maximum Gasteiger partial charge on any atom is 0.330 e. The zero-order valence-electron chi connectivity index (χ0n) is 22.1. The number of nitrogens with one attached hydrogen (secondary N) is 1. The smallest absolute Gasteiger partial charge is 0.330 e. The number of benzene rings is 1. The second kappa shape index (κ2) is 11.2. The summed E-state index contributed by atoms with van der Waals surface area (Å²) in [6.07, 6.45) is -0.611. The lowest BCUT2D eigenvalue weighted by atomic mass is 10.1. The minimum absolute atomic E-state index is 0.0193. The summed E-state index contributed by atoms with van der Waals surface area (Å²) in [5, 5.41) is -0.178. The lowest BCUT2D eigenvalue weighted by molar-refractivity contribution is -0.0667. The Morgan fingerprint density at radius 2 is 1.78 bits per heavy atom. The van der Waals surface area contributed by atoms with E-state index >= 15 is 0 Å². The molecule has 1 N–H and O–H groups in total. The summed E-state index contributed by atoms with van der Waals surface area (Å²) >= 11 is 0. The van der Waals surface area contributed by atoms with Crippen molar-refractivity contribution in [1.82, 2.24) is 9.55 Å². The lowest BCUT2D eigenvalue weighted by Crippen LogP contribution is -2.50. The highest BCUT2D eigenvalue weighted by Gasteiger charge is 2.52. The van der Waals surface area contributed by atoms with E-state index in [2.05, 4.69) is 45.4 Å². The van der Waals surface area contributed by atoms with Crippen LogP contribution in [0.5, 0.6) is 0 Å². The molecule has 0 aliphatic carbocycles. The van der Waals surface area contributed by atoms with Crippen LogP contribution in [0.25, 0.3) is 0 Å². The van der Waals surface area contributed by atoms with Gasteiger partial charge in [-0.3, -0.25) is 18.5 Å². The monoisotopic (exact) mass is 552 g/mol. The molecule has 0 unspecified atom stereocenters. The SMILES string of the molecule is C=CCO[C@H]1[C@H](O[Si](C)(C)C(C)(C)C)[C@@H](COS(=O)(=O)c2ccc(C)cc2)O[C@H]1n1ccc(=O)[nH]c1=O. The summed E-state index contributed by atoms with van der Waals surface area (Å²) in [5.74, 6) is 0. The molecular weight excluding hydrogens is 516 g/mol. The number of nitrogens with zero attached hydrogens (tertiary/aromatic N) is 1. The van der Waals surface area contributed by atoms with Crippen molar-refractivity contribution in [2.75, 3.05) is 13.2 Å². The predicted molar refractivity (Wildman–Crippen MR) is 142 cm³/mol. The van der Waals surface area contributed by atoms with Crippen LogP contribution in [0.4, 0.5) is 0 Å². The number of H-pyrrole nitrogens is 1. The Hall–Kier alpha value is -2.35. The maximum atomic E-state index is 12.9. The van der Waals surface area contributed by atoms with Crippen LogP contribution in [0, 0.1) is 6.92 Å². The Morgan fingerprint density at radius 3 is 2.35 bits per heavy atom. The molecule has 10 nitrogen and oxygen atoms in total. The van der Waals surface area contributed by atoms with Gasteiger partial charge in [0.1, 0.15) is 18.3 Å². The Balaban J connectivity index is 1.99. The Labute approximate surface area is 218 Å². The van der Waals surface area contributed by atoms with Gasteiger partial charge in [0.25, 0.3) is 15.7 Å². The first-order valence-corrected chi connectivity index (χ1v) is 16.3. The van der Waals surface area contributed by atoms with Crippen molar-refractivity contribution in [2.24, 2.45) is 0 Å². The first-order chi connectivity index (χ1) is 17.2. The van der Waals surface area contributed by atoms with Crippen molar-refractivity contribution >= 4 is 18.4 Å². The van der Waals surface area contributed by atoms with Gasteiger partial charge in [-0.05, 0) is 37.2 Å². The van der Waals surface area contributed by atoms with Gasteiger partial charge >= 0.3 is 5.69 Å². The largest absolute Gasteiger partial charge is 0.408 e. The van der Waals surface area contributed by atoms with Gasteiger partial charge in [-0.1, -0.05) is 44.5 Å². The third-order valence-corrected chi connectivity index (χ3v) is 12.5. The summed E-state index contributed by atoms with van der Waals surface area (Å²) < 4.78 is 51.3. The highest BCUT2D eigenvalue weighted by atomic mass is 32.2. The Kier molecular flexibility index (Phi) is 8.82. The molecule has 0 radical (unpaired) electrons. The van der Waals surface area contributed by atoms with Crippen molar-refractivity contribution in [1.29, 1.82) is 0 Å². The number of rotatable bonds is 10. The molecule has 1 aromatic carbocycles. The van der Waals surface area contributed by atoms with Gasteiger partial charge in [-0.2, -0.15) is 8.42 Å². The molecule has 3 rings (SSSR count). The molecule has 0 spiro atoms. The third kappa shape index (κ3) is 6.75. The van der Waals surface area contributed by atoms with Gasteiger partial charge in [0, 0.05) is 12.3 Å². The molecule has 1 aliphatic rings. The Morgan fingerprint density at radius 1 is 1.14 bits per heavy atom. The fourth-order valence-electron chi connectivity index (χ4n) is 3.64. The van der Waals surface area contributed by atoms with E-state index in [1.54, 1.807) is 18.2 Å². The molecule has 37 heavy (non-hydrogen) atoms. The van der Waals surface area contributed by atoms with Crippen LogP contribution in [-0.4, -0.2) is 57.8 Å². The number of hydrogen-bond donors (Lipinski definition) is 1. The highest BCUT2D eigenvalue weighted by molar-refractivity contribution is 7.86. The molecule has 0 amide bonds. The second-order valence-corrected chi connectivity index (χ2v) is 16.9. The summed E-state index contributed by atoms with van der Waals surface area (Å²) in [6, 6.07) is 7.52. The molecule has 204 valence electrons. The summed E-state index contributed by atoms with van der Waals surface area (Å²) in [7, 11) is -6.51. The van der Waals surface area contributed by atoms with E-state index in [0.29, 0.717) is 0 Å². The third-order valence-electron chi connectivity index (χ3n) is 6.75. The number of aromatic amines is 1. The van der Waals surface area contributed by atoms with E-state index in [1.165, 1.54) is 29.0 Å². The van der Waals surface area contributed by atoms with Crippen molar-refractivity contribution in [3.8, 4) is 0 Å². The fraction of sp³-hybridized carbons (Fsp3) is 0.520. The average molecular weight is 553 g/mol. The molecular formula is C25H36N2O8SSi. The zero-order chi connectivity index (χ0) is 27.6. The number of aryl methyl sites for hydroxylation is 1. The van der Waals surface area contributed by atoms with Crippen LogP contribution in [-0.2, 0) is 28.2 Å². The van der Waals surface area contributed by atoms with Crippen molar-refractivity contribution in [3.05, 3.63) is 75.6 Å². The topological polar surface area (TPSA) is 126 Å². The first kappa shape index (κ1) is 29.2. The summed E-state index contributed by atoms with van der Waals surface area (Å²) in [4.78, 5) is 26.5. The van der Waals surface area contributed by atoms with Crippen molar-refractivity contribution in [3.63, 3.8) is 0 Å². The number of hydrogen-bond acceptors (Lipinski definition) is 8. The molecule has 0 saturated carbocycles. The average Bonchev–Trinajstić information content (AvgIpc) is 3.12. The van der Waals surface area contributed by atoms with Crippen LogP contribution in [0.3, 0.4) is 0 Å². The number of ether oxygens (including phenoxy) is 2. The highest BCUT2D eigenvalue weighted by Crippen LogP contribution is 2.42. The molecule has 1 aliphatic heterocycles. The molecule has 1 aromatic heterocycles. The fourth-order valence-corrected chi connectivity index (χ4v) is 5.88. The van der Waals surface area contributed by atoms with E-state index in [1.807, 2.05) is 6.92 Å². The summed E-state index contributed by atoms with van der Waals surface area (Å²) in [6.45, 7) is 15.7. The molecule has 1 fully saturated rings. The minimum Gasteiger partial charge on any atom is -0.408 e. The zero-order valence-corrected chi connectivity index (χ0v) is 23.9. The van der Waals surface area contributed by atoms with E-state index in [-0.39, 0.29) is 23.1 Å². The second-order valence-electron chi connectivity index (χ2n) is 10.6. The van der Waals surface area contributed by atoms with Crippen LogP contribution in [0.1, 0.15) is 32.6 Å². The maximum absolute atomic E-state index is 12.9. The summed E-state index contributed by atoms with van der Waals surface area (Å²) in [5.41, 5.74) is -0.331. The van der Waals surface area contributed by atoms with E-state index < -0.39 is 54.2 Å². The van der Waals surface area contributed by atoms with Crippen LogP contribution >= 0.6 is 0 Å². The van der Waals surface area contributed by atoms with Crippen molar-refractivity contribution < 1.29 is 26.5 Å². The van der Waals surface area contributed by atoms with Gasteiger partial charge < -0.3 is 13.9 Å². The van der Waals surface area contributed by atoms with E-state index in [0.717, 1.165) is 5.56 Å². The number of aromatic nitrogens is 2. The standard InChI is InChI=1S/C25H36N2O8SSi/c1-8-15-32-22-21(35-37(6,7)25(3,4)5)19(34-23(22)27-14-13-20(28)26-24(27)29)16-33-36(30,31)18-11-9-17(2)10-12-18/h8-14,19,21-23H,1,15-16H2,2-7H3,(H,26,28,29)/t19-,21-,22+,23-/m1/s1. The van der Waals surface area contributed by atoms with Gasteiger partial charge in [0.05, 0.1) is 18.1 Å². The molecule has 0 bridgehead atoms. The Bertz CT molecular complexity index is 1310. The predicted octanol–water partition coefficient (Wildman–Crippen LogP) is 3.11. The van der Waals surface area contributed by atoms with Crippen LogP contribution in [0.2, 0.25) is 18.1 Å². The van der Waals surface area contributed by atoms with Crippen LogP contribution in [0.15, 0.2) is 63.7 Å². The molecule has 2 heterocycles. The van der Waals surface area contributed by atoms with Crippen LogP contribution < -0.4 is 11.2 Å². The van der Waals surface area contributed by atoms with E-state index in [4.69, 9.17) is 18.1 Å². The van der Waals surface area contributed by atoms with Gasteiger partial charge in [0.2, 0.25) is 0 Å². The molecule has 12 heteroatoms. The normalized spacial score (nSPS) is 22.8. The molecule has 1 saturated heterocycles. The van der Waals surface area contributed by atoms with Gasteiger partial charge in [-0.25, -0.2) is 4.79 Å². The first-order valence-electron chi connectivity index (χ1n) is 12.0. The van der Waals surface area contributed by atoms with Gasteiger partial charge in [0.15, 0.2) is 14.5 Å². The van der Waals surface area contributed by atoms with Crippen molar-refractivity contribution in [2.45, 2.75) is 75.3 Å². The lowest BCUT2D eigenvalue weighted by Gasteiger charge is -2.40. The quantitative estimate of drug-likeness (QED) is 0.271. The van der Waals surface area contributed by atoms with E-state index in [9.17, 15) is 18.0 Å². The molecule has 2 aromatic rings.